The minimum atomic E-state index is -1.52. The highest BCUT2D eigenvalue weighted by Gasteiger charge is 2.25. The molecule has 0 aliphatic heterocycles. The summed E-state index contributed by atoms with van der Waals surface area (Å²) in [6.45, 7) is 4.76. The van der Waals surface area contributed by atoms with Crippen LogP contribution in [0.1, 0.15) is 335 Å². The predicted molar refractivity (Wildman–Crippen MR) is 392 cm³/mol. The molecule has 0 aliphatic carbocycles. The van der Waals surface area contributed by atoms with Crippen LogP contribution in [0.15, 0.2) is 109 Å². The van der Waals surface area contributed by atoms with E-state index < -0.39 is 24.3 Å². The third-order valence-electron chi connectivity index (χ3n) is 16.5. The van der Waals surface area contributed by atoms with E-state index in [0.29, 0.717) is 23.9 Å². The zero-order valence-corrected chi connectivity index (χ0v) is 60.0. The van der Waals surface area contributed by atoms with E-state index in [1.165, 1.54) is 205 Å². The normalized spacial score (nSPS) is 13.3. The second-order valence-corrected chi connectivity index (χ2v) is 26.6. The Morgan fingerprint density at radius 2 is 0.626 bits per heavy atom. The molecule has 9 heteroatoms. The molecule has 0 radical (unpaired) electrons. The number of carbonyl (C=O) groups excluding carboxylic acids is 2. The number of nitrogens with zero attached hydrogens (tertiary/aromatic N) is 1. The number of carboxylic acid groups (broad SMARTS) is 1. The Morgan fingerprint density at radius 3 is 0.945 bits per heavy atom. The van der Waals surface area contributed by atoms with Crippen molar-refractivity contribution in [3.63, 3.8) is 0 Å². The van der Waals surface area contributed by atoms with Gasteiger partial charge in [-0.25, -0.2) is 4.79 Å². The van der Waals surface area contributed by atoms with Gasteiger partial charge in [0.25, 0.3) is 6.29 Å². The summed E-state index contributed by atoms with van der Waals surface area (Å²) in [6, 6.07) is 0. The van der Waals surface area contributed by atoms with E-state index in [9.17, 15) is 19.5 Å². The summed E-state index contributed by atoms with van der Waals surface area (Å²) in [5, 5.41) is 9.76. The molecule has 0 aromatic rings. The number of ether oxygens (including phenoxy) is 4. The van der Waals surface area contributed by atoms with Gasteiger partial charge < -0.3 is 28.5 Å². The van der Waals surface area contributed by atoms with Gasteiger partial charge in [0.2, 0.25) is 0 Å². The van der Waals surface area contributed by atoms with Crippen LogP contribution in [0, 0.1) is 0 Å². The van der Waals surface area contributed by atoms with Gasteiger partial charge in [0.1, 0.15) is 13.2 Å². The van der Waals surface area contributed by atoms with Crippen molar-refractivity contribution in [2.75, 3.05) is 47.5 Å². The average molecular weight is 1270 g/mol. The van der Waals surface area contributed by atoms with E-state index in [1.54, 1.807) is 0 Å². The molecule has 0 saturated heterocycles. The van der Waals surface area contributed by atoms with Crippen molar-refractivity contribution >= 4 is 17.9 Å². The summed E-state index contributed by atoms with van der Waals surface area (Å²) in [6.07, 6.45) is 98.1. The first kappa shape index (κ1) is 87.0. The smallest absolute Gasteiger partial charge is 0.361 e. The second kappa shape index (κ2) is 71.8. The van der Waals surface area contributed by atoms with Gasteiger partial charge in [0.15, 0.2) is 6.10 Å². The van der Waals surface area contributed by atoms with Gasteiger partial charge in [-0.3, -0.25) is 9.59 Å². The van der Waals surface area contributed by atoms with Crippen LogP contribution in [0.25, 0.3) is 0 Å². The average Bonchev–Trinajstić information content (AvgIpc) is 3.66. The van der Waals surface area contributed by atoms with Crippen LogP contribution in [0.2, 0.25) is 0 Å². The topological polar surface area (TPSA) is 108 Å². The Labute approximate surface area is 562 Å². The van der Waals surface area contributed by atoms with Crippen LogP contribution in [0.3, 0.4) is 0 Å². The first-order valence-corrected chi connectivity index (χ1v) is 38.1. The number of aliphatic carboxylic acids is 1. The zero-order valence-electron chi connectivity index (χ0n) is 60.0. The van der Waals surface area contributed by atoms with Crippen LogP contribution in [0.5, 0.6) is 0 Å². The number of rotatable bonds is 70. The van der Waals surface area contributed by atoms with Crippen molar-refractivity contribution in [3.8, 4) is 0 Å². The van der Waals surface area contributed by atoms with E-state index in [-0.39, 0.29) is 32.2 Å². The van der Waals surface area contributed by atoms with Gasteiger partial charge in [-0.1, -0.05) is 329 Å². The fraction of sp³-hybridized carbons (Fsp3) is 0.744. The number of carboxylic acids is 1. The predicted octanol–water partition coefficient (Wildman–Crippen LogP) is 24.1. The van der Waals surface area contributed by atoms with Gasteiger partial charge in [-0.2, -0.15) is 0 Å². The molecule has 1 N–H and O–H groups in total. The largest absolute Gasteiger partial charge is 0.477 e. The van der Waals surface area contributed by atoms with Crippen LogP contribution in [0.4, 0.5) is 0 Å². The summed E-state index contributed by atoms with van der Waals surface area (Å²) in [5.74, 6) is -2.03. The Balaban J connectivity index is 4.08. The number of allylic oxidation sites excluding steroid dienone is 18. The van der Waals surface area contributed by atoms with Gasteiger partial charge in [-0.05, 0) is 103 Å². The Kier molecular flexibility index (Phi) is 68.6. The minimum Gasteiger partial charge on any atom is -0.477 e. The van der Waals surface area contributed by atoms with Crippen LogP contribution in [-0.2, 0) is 33.3 Å². The maximum atomic E-state index is 12.9. The molecule has 0 aromatic heterocycles. The number of carbonyl (C=O) groups is 3. The fourth-order valence-electron chi connectivity index (χ4n) is 10.7. The van der Waals surface area contributed by atoms with E-state index in [2.05, 4.69) is 123 Å². The lowest BCUT2D eigenvalue weighted by atomic mass is 10.0. The Morgan fingerprint density at radius 1 is 0.341 bits per heavy atom. The van der Waals surface area contributed by atoms with E-state index in [1.807, 2.05) is 21.1 Å². The minimum absolute atomic E-state index is 0.178. The molecule has 0 rings (SSSR count). The Bertz CT molecular complexity index is 1870. The summed E-state index contributed by atoms with van der Waals surface area (Å²) < 4.78 is 23.0. The molecule has 0 amide bonds. The molecule has 524 valence electrons. The number of hydrogen-bond donors (Lipinski definition) is 1. The van der Waals surface area contributed by atoms with Gasteiger partial charge >= 0.3 is 17.9 Å². The summed E-state index contributed by atoms with van der Waals surface area (Å²) in [7, 11) is 5.97. The van der Waals surface area contributed by atoms with E-state index in [0.717, 1.165) is 96.3 Å². The lowest BCUT2D eigenvalue weighted by molar-refractivity contribution is -0.870. The second-order valence-electron chi connectivity index (χ2n) is 26.6. The molecule has 0 fully saturated rings. The molecular weight excluding hydrogens is 1130 g/mol. The van der Waals surface area contributed by atoms with Crippen molar-refractivity contribution in [3.05, 3.63) is 109 Å². The van der Waals surface area contributed by atoms with Crippen molar-refractivity contribution in [2.45, 2.75) is 347 Å². The molecule has 0 aromatic carbocycles. The zero-order chi connectivity index (χ0) is 66.1. The standard InChI is InChI=1S/C82H143NO8/c1-6-8-10-12-14-16-18-20-22-24-26-28-30-32-34-36-37-38-39-40-41-42-43-45-46-48-50-52-54-56-58-60-62-64-66-68-70-72-79(84)89-76-78(77-90-82(81(86)87)88-75-74-83(3,4)5)91-80(85)73-71-69-67-65-63-61-59-57-55-53-51-49-47-44-35-33-31-29-27-25-23-21-19-17-15-13-11-9-7-2/h9,11,15,17,21,23-24,26-27,29,33,35,47,49,53,55,59,61,78,82H,6-8,10,12-14,16,18-20,22,25,28,30-32,34,36-46,48,50-52,54,56-58,60,62-77H2,1-5H3/p+1/b11-9-,17-15-,23-21-,26-24-,29-27-,35-33-,49-47-,55-53-,61-59-. The molecule has 2 atom stereocenters. The number of hydrogen-bond acceptors (Lipinski definition) is 7. The molecule has 0 heterocycles. The van der Waals surface area contributed by atoms with Crippen molar-refractivity contribution < 1.29 is 42.9 Å². The number of esters is 2. The number of unbranched alkanes of at least 4 members (excludes halogenated alkanes) is 37. The van der Waals surface area contributed by atoms with Crippen LogP contribution < -0.4 is 0 Å². The molecular formula is C82H144NO8+. The summed E-state index contributed by atoms with van der Waals surface area (Å²) in [5.41, 5.74) is 0. The molecule has 0 saturated carbocycles. The first-order chi connectivity index (χ1) is 44.6. The third kappa shape index (κ3) is 73.2. The third-order valence-corrected chi connectivity index (χ3v) is 16.5. The monoisotopic (exact) mass is 1270 g/mol. The summed E-state index contributed by atoms with van der Waals surface area (Å²) in [4.78, 5) is 37.7. The highest BCUT2D eigenvalue weighted by atomic mass is 16.7. The van der Waals surface area contributed by atoms with Crippen molar-refractivity contribution in [1.82, 2.24) is 0 Å². The molecule has 0 bridgehead atoms. The first-order valence-electron chi connectivity index (χ1n) is 38.1. The lowest BCUT2D eigenvalue weighted by Gasteiger charge is -2.25. The maximum absolute atomic E-state index is 12.9. The van der Waals surface area contributed by atoms with Gasteiger partial charge in [0, 0.05) is 12.8 Å². The lowest BCUT2D eigenvalue weighted by Crippen LogP contribution is -2.40. The molecule has 0 aliphatic rings. The highest BCUT2D eigenvalue weighted by molar-refractivity contribution is 5.71. The number of quaternary nitrogens is 1. The number of likely N-dealkylation sites (N-methyl/N-ethyl adjacent to an activating group) is 1. The van der Waals surface area contributed by atoms with Gasteiger partial charge in [-0.15, -0.1) is 0 Å². The molecule has 2 unspecified atom stereocenters. The van der Waals surface area contributed by atoms with E-state index in [4.69, 9.17) is 18.9 Å². The van der Waals surface area contributed by atoms with Gasteiger partial charge in [0.05, 0.1) is 34.4 Å². The van der Waals surface area contributed by atoms with Crippen molar-refractivity contribution in [1.29, 1.82) is 0 Å². The highest BCUT2D eigenvalue weighted by Crippen LogP contribution is 2.18. The SMILES string of the molecule is CC/C=C\C/C=C\C/C=C\C/C=C\C/C=C\C/C=C\C/C=C\C/C=C\CCCCCCC(=O)OC(COC(=O)CCCCCCCCCCCCCCCCCCCCCCCCCCC/C=C\CCCCCCCCCC)COC(OCC[N+](C)(C)C)C(=O)O. The molecule has 0 spiro atoms. The van der Waals surface area contributed by atoms with Crippen molar-refractivity contribution in [2.24, 2.45) is 0 Å². The molecule has 91 heavy (non-hydrogen) atoms. The molecule has 9 nitrogen and oxygen atoms in total. The van der Waals surface area contributed by atoms with Crippen LogP contribution >= 0.6 is 0 Å². The maximum Gasteiger partial charge on any atom is 0.361 e. The fourth-order valence-corrected chi connectivity index (χ4v) is 10.7. The quantitative estimate of drug-likeness (QED) is 0.0211. The van der Waals surface area contributed by atoms with Crippen LogP contribution in [-0.4, -0.2) is 87.4 Å². The Hall–Kier alpha value is -4.05. The van der Waals surface area contributed by atoms with E-state index >= 15 is 0 Å². The summed E-state index contributed by atoms with van der Waals surface area (Å²) >= 11 is 0.